The van der Waals surface area contributed by atoms with Gasteiger partial charge in [-0.3, -0.25) is 4.79 Å². The van der Waals surface area contributed by atoms with Crippen molar-refractivity contribution in [2.75, 3.05) is 24.5 Å². The molecule has 33 heavy (non-hydrogen) atoms. The number of carbonyl (C=O) groups excluding carboxylic acids is 1. The van der Waals surface area contributed by atoms with E-state index in [2.05, 4.69) is 18.7 Å². The number of hydrogen-bond acceptors (Lipinski definition) is 4. The average molecular weight is 450 g/mol. The van der Waals surface area contributed by atoms with Gasteiger partial charge in [-0.05, 0) is 75.6 Å². The van der Waals surface area contributed by atoms with Crippen LogP contribution in [0, 0.1) is 32.5 Å². The van der Waals surface area contributed by atoms with Gasteiger partial charge in [0.05, 0.1) is 11.7 Å². The molecule has 4 heterocycles. The Hall–Kier alpha value is -2.96. The van der Waals surface area contributed by atoms with Gasteiger partial charge in [-0.25, -0.2) is 13.9 Å². The highest BCUT2D eigenvalue weighted by molar-refractivity contribution is 5.95. The van der Waals surface area contributed by atoms with Gasteiger partial charge in [0.15, 0.2) is 5.65 Å². The number of fused-ring (bicyclic) bond motifs is 1. The quantitative estimate of drug-likeness (QED) is 0.564. The van der Waals surface area contributed by atoms with Crippen molar-refractivity contribution in [1.82, 2.24) is 19.5 Å². The molecule has 2 aliphatic heterocycles. The van der Waals surface area contributed by atoms with E-state index in [9.17, 15) is 9.18 Å². The molecule has 2 aromatic heterocycles. The minimum Gasteiger partial charge on any atom is -0.356 e. The van der Waals surface area contributed by atoms with Crippen molar-refractivity contribution in [3.05, 3.63) is 58.2 Å². The minimum atomic E-state index is -0.244. The topological polar surface area (TPSA) is 53.7 Å². The summed E-state index contributed by atoms with van der Waals surface area (Å²) in [6.45, 7) is 10.5. The maximum Gasteiger partial charge on any atom is 0.254 e. The Morgan fingerprint density at radius 3 is 2.48 bits per heavy atom. The van der Waals surface area contributed by atoms with Gasteiger partial charge in [0.25, 0.3) is 5.91 Å². The lowest BCUT2D eigenvalue weighted by atomic mass is 9.97. The number of rotatable bonds is 3. The summed E-state index contributed by atoms with van der Waals surface area (Å²) in [6, 6.07) is 5.25. The van der Waals surface area contributed by atoms with E-state index in [1.54, 1.807) is 26.0 Å². The zero-order chi connectivity index (χ0) is 23.3. The second-order valence-electron chi connectivity index (χ2n) is 9.89. The van der Waals surface area contributed by atoms with Crippen molar-refractivity contribution in [2.45, 2.75) is 59.4 Å². The van der Waals surface area contributed by atoms with Crippen molar-refractivity contribution >= 4 is 17.4 Å². The van der Waals surface area contributed by atoms with Gasteiger partial charge in [-0.15, -0.1) is 0 Å². The molecule has 2 saturated heterocycles. The first-order valence-corrected chi connectivity index (χ1v) is 12.0. The summed E-state index contributed by atoms with van der Waals surface area (Å²) in [7, 11) is 0. The molecule has 0 unspecified atom stereocenters. The third-order valence-electron chi connectivity index (χ3n) is 7.14. The van der Waals surface area contributed by atoms with E-state index in [4.69, 9.17) is 10.1 Å². The molecule has 0 N–H and O–H groups in total. The van der Waals surface area contributed by atoms with Crippen LogP contribution in [-0.2, 0) is 0 Å². The van der Waals surface area contributed by atoms with E-state index in [0.29, 0.717) is 29.2 Å². The van der Waals surface area contributed by atoms with Crippen molar-refractivity contribution in [1.29, 1.82) is 0 Å². The average Bonchev–Trinajstić information content (AvgIpc) is 3.41. The van der Waals surface area contributed by atoms with Gasteiger partial charge in [0, 0.05) is 43.0 Å². The molecule has 6 nitrogen and oxygen atoms in total. The Morgan fingerprint density at radius 2 is 1.79 bits per heavy atom. The number of anilines is 1. The predicted molar refractivity (Wildman–Crippen MR) is 127 cm³/mol. The second kappa shape index (κ2) is 8.43. The first-order valence-electron chi connectivity index (χ1n) is 12.0. The number of aromatic nitrogens is 3. The Bertz CT molecular complexity index is 1200. The standard InChI is InChI=1S/C26H32FN5O/c1-16-8-10-30(14-16)25-19(4)15-32-23(28-25)13-21(29-32)22-7-5-6-9-31(22)26(33)20-11-17(2)24(27)18(3)12-20/h11-13,15-16,22H,5-10,14H2,1-4H3/t16-,22-/m0/s1. The first-order chi connectivity index (χ1) is 15.8. The van der Waals surface area contributed by atoms with Crippen LogP contribution in [0.25, 0.3) is 5.65 Å². The Kier molecular flexibility index (Phi) is 5.59. The number of aryl methyl sites for hydroxylation is 3. The third-order valence-corrected chi connectivity index (χ3v) is 7.14. The van der Waals surface area contributed by atoms with E-state index < -0.39 is 0 Å². The number of piperidine rings is 1. The summed E-state index contributed by atoms with van der Waals surface area (Å²) < 4.78 is 16.0. The maximum atomic E-state index is 14.1. The van der Waals surface area contributed by atoms with E-state index >= 15 is 0 Å². The molecule has 174 valence electrons. The fraction of sp³-hybridized carbons (Fsp3) is 0.500. The summed E-state index contributed by atoms with van der Waals surface area (Å²) in [5.74, 6) is 1.42. The van der Waals surface area contributed by atoms with Gasteiger partial charge >= 0.3 is 0 Å². The van der Waals surface area contributed by atoms with E-state index in [-0.39, 0.29) is 17.8 Å². The molecule has 2 atom stereocenters. The van der Waals surface area contributed by atoms with E-state index in [1.165, 1.54) is 6.42 Å². The largest absolute Gasteiger partial charge is 0.356 e. The van der Waals surface area contributed by atoms with Crippen LogP contribution in [0.1, 0.15) is 71.4 Å². The highest BCUT2D eigenvalue weighted by atomic mass is 19.1. The molecular weight excluding hydrogens is 417 g/mol. The van der Waals surface area contributed by atoms with Crippen LogP contribution in [-0.4, -0.2) is 45.0 Å². The van der Waals surface area contributed by atoms with Crippen molar-refractivity contribution < 1.29 is 9.18 Å². The molecule has 7 heteroatoms. The second-order valence-corrected chi connectivity index (χ2v) is 9.89. The summed E-state index contributed by atoms with van der Waals surface area (Å²) in [6.07, 6.45) is 6.12. The van der Waals surface area contributed by atoms with Crippen LogP contribution < -0.4 is 4.90 Å². The molecule has 3 aromatic rings. The highest BCUT2D eigenvalue weighted by Gasteiger charge is 2.31. The normalized spacial score (nSPS) is 21.2. The van der Waals surface area contributed by atoms with Gasteiger partial charge < -0.3 is 9.80 Å². The summed E-state index contributed by atoms with van der Waals surface area (Å²) in [4.78, 5) is 22.7. The summed E-state index contributed by atoms with van der Waals surface area (Å²) in [5.41, 5.74) is 4.35. The number of hydrogen-bond donors (Lipinski definition) is 0. The summed E-state index contributed by atoms with van der Waals surface area (Å²) in [5, 5.41) is 4.84. The fourth-order valence-electron chi connectivity index (χ4n) is 5.35. The molecule has 0 radical (unpaired) electrons. The lowest BCUT2D eigenvalue weighted by Gasteiger charge is -2.35. The van der Waals surface area contributed by atoms with Crippen molar-refractivity contribution in [2.24, 2.45) is 5.92 Å². The molecule has 0 bridgehead atoms. The van der Waals surface area contributed by atoms with Gasteiger partial charge in [0.2, 0.25) is 0 Å². The Morgan fingerprint density at radius 1 is 1.03 bits per heavy atom. The zero-order valence-corrected chi connectivity index (χ0v) is 19.9. The number of halogens is 1. The van der Waals surface area contributed by atoms with Gasteiger partial charge in [-0.2, -0.15) is 5.10 Å². The highest BCUT2D eigenvalue weighted by Crippen LogP contribution is 2.33. The number of benzene rings is 1. The molecule has 5 rings (SSSR count). The van der Waals surface area contributed by atoms with Crippen LogP contribution in [0.15, 0.2) is 24.4 Å². The molecule has 0 spiro atoms. The molecule has 0 saturated carbocycles. The molecular formula is C26H32FN5O. The van der Waals surface area contributed by atoms with Crippen LogP contribution in [0.2, 0.25) is 0 Å². The van der Waals surface area contributed by atoms with E-state index in [1.807, 2.05) is 21.7 Å². The zero-order valence-electron chi connectivity index (χ0n) is 19.9. The van der Waals surface area contributed by atoms with Crippen molar-refractivity contribution in [3.63, 3.8) is 0 Å². The number of carbonyl (C=O) groups is 1. The fourth-order valence-corrected chi connectivity index (χ4v) is 5.35. The van der Waals surface area contributed by atoms with Crippen LogP contribution in [0.4, 0.5) is 10.2 Å². The minimum absolute atomic E-state index is 0.0566. The monoisotopic (exact) mass is 449 g/mol. The Labute approximate surface area is 194 Å². The molecule has 2 fully saturated rings. The van der Waals surface area contributed by atoms with Gasteiger partial charge in [0.1, 0.15) is 11.6 Å². The lowest BCUT2D eigenvalue weighted by molar-refractivity contribution is 0.0605. The number of nitrogens with zero attached hydrogens (tertiary/aromatic N) is 5. The lowest BCUT2D eigenvalue weighted by Crippen LogP contribution is -2.38. The third kappa shape index (κ3) is 3.98. The summed E-state index contributed by atoms with van der Waals surface area (Å²) >= 11 is 0. The molecule has 0 aliphatic carbocycles. The van der Waals surface area contributed by atoms with Crippen LogP contribution in [0.3, 0.4) is 0 Å². The first kappa shape index (κ1) is 21.9. The van der Waals surface area contributed by atoms with Crippen molar-refractivity contribution in [3.8, 4) is 0 Å². The number of amides is 1. The number of likely N-dealkylation sites (tertiary alicyclic amines) is 1. The molecule has 1 amide bonds. The van der Waals surface area contributed by atoms with Gasteiger partial charge in [-0.1, -0.05) is 6.92 Å². The molecule has 2 aliphatic rings. The maximum absolute atomic E-state index is 14.1. The van der Waals surface area contributed by atoms with E-state index in [0.717, 1.165) is 55.1 Å². The van der Waals surface area contributed by atoms with Crippen LogP contribution >= 0.6 is 0 Å². The SMILES string of the molecule is Cc1cn2nc([C@@H]3CCCCN3C(=O)c3cc(C)c(F)c(C)c3)cc2nc1N1CC[C@H](C)C1. The molecule has 1 aromatic carbocycles. The smallest absolute Gasteiger partial charge is 0.254 e. The predicted octanol–water partition coefficient (Wildman–Crippen LogP) is 5.01. The van der Waals surface area contributed by atoms with Crippen LogP contribution in [0.5, 0.6) is 0 Å². The Balaban J connectivity index is 1.47.